The number of anilines is 1. The molecule has 0 N–H and O–H groups in total. The Kier molecular flexibility index (Phi) is 5.05. The molecule has 1 saturated carbocycles. The van der Waals surface area contributed by atoms with Crippen LogP contribution in [0.3, 0.4) is 0 Å². The molecule has 1 saturated heterocycles. The van der Waals surface area contributed by atoms with Crippen LogP contribution in [0, 0.1) is 23.2 Å². The van der Waals surface area contributed by atoms with Gasteiger partial charge >= 0.3 is 0 Å². The minimum absolute atomic E-state index is 0.108. The molecule has 2 heterocycles. The van der Waals surface area contributed by atoms with Gasteiger partial charge in [0.1, 0.15) is 5.82 Å². The molecule has 1 aromatic heterocycles. The summed E-state index contributed by atoms with van der Waals surface area (Å²) in [7, 11) is 1.94. The van der Waals surface area contributed by atoms with Crippen LogP contribution >= 0.6 is 15.9 Å². The lowest BCUT2D eigenvalue weighted by Crippen LogP contribution is -2.42. The van der Waals surface area contributed by atoms with Crippen LogP contribution in [0.5, 0.6) is 0 Å². The first kappa shape index (κ1) is 18.2. The number of hydrogen-bond donors (Lipinski definition) is 0. The molecule has 2 fully saturated rings. The highest BCUT2D eigenvalue weighted by Gasteiger charge is 2.31. The van der Waals surface area contributed by atoms with Gasteiger partial charge in [-0.1, -0.05) is 15.9 Å². The predicted octanol–water partition coefficient (Wildman–Crippen LogP) is 3.95. The monoisotopic (exact) mass is 426 g/mol. The van der Waals surface area contributed by atoms with Crippen molar-refractivity contribution < 1.29 is 4.79 Å². The van der Waals surface area contributed by atoms with Crippen LogP contribution in [-0.4, -0.2) is 42.5 Å². The normalized spacial score (nSPS) is 17.7. The van der Waals surface area contributed by atoms with E-state index in [9.17, 15) is 10.1 Å². The van der Waals surface area contributed by atoms with Gasteiger partial charge in [-0.25, -0.2) is 4.98 Å². The topological polar surface area (TPSA) is 60.2 Å². The van der Waals surface area contributed by atoms with Crippen molar-refractivity contribution in [2.75, 3.05) is 31.6 Å². The fraction of sp³-hybridized carbons (Fsp3) is 0.476. The van der Waals surface area contributed by atoms with Gasteiger partial charge in [0, 0.05) is 42.5 Å². The molecular weight excluding hydrogens is 404 g/mol. The number of piperidine rings is 1. The summed E-state index contributed by atoms with van der Waals surface area (Å²) < 4.78 is 0.940. The van der Waals surface area contributed by atoms with Gasteiger partial charge in [0.25, 0.3) is 0 Å². The Hall–Kier alpha value is -2.13. The summed E-state index contributed by atoms with van der Waals surface area (Å²) >= 11 is 3.46. The molecule has 2 aliphatic rings. The summed E-state index contributed by atoms with van der Waals surface area (Å²) in [6, 6.07) is 9.98. The molecule has 0 radical (unpaired) electrons. The van der Waals surface area contributed by atoms with Crippen LogP contribution in [0.15, 0.2) is 28.7 Å². The van der Waals surface area contributed by atoms with Gasteiger partial charge in [0.15, 0.2) is 0 Å². The summed E-state index contributed by atoms with van der Waals surface area (Å²) in [6.45, 7) is 2.51. The van der Waals surface area contributed by atoms with Crippen LogP contribution in [0.4, 0.5) is 5.82 Å². The SMILES string of the molecule is CN(CC1CC1)C(=O)C1CCN(c2cc(C#N)c3cc(Br)ccc3n2)CC1. The van der Waals surface area contributed by atoms with E-state index in [1.165, 1.54) is 12.8 Å². The maximum atomic E-state index is 12.7. The Labute approximate surface area is 168 Å². The number of rotatable bonds is 4. The Morgan fingerprint density at radius 1 is 1.30 bits per heavy atom. The van der Waals surface area contributed by atoms with Crippen molar-refractivity contribution >= 4 is 38.6 Å². The first-order chi connectivity index (χ1) is 13.0. The van der Waals surface area contributed by atoms with Crippen molar-refractivity contribution in [2.45, 2.75) is 25.7 Å². The van der Waals surface area contributed by atoms with Crippen LogP contribution in [0.1, 0.15) is 31.2 Å². The predicted molar refractivity (Wildman–Crippen MR) is 109 cm³/mol. The molecule has 1 amide bonds. The Bertz CT molecular complexity index is 910. The summed E-state index contributed by atoms with van der Waals surface area (Å²) in [5.74, 6) is 1.95. The molecule has 1 aliphatic heterocycles. The second-order valence-electron chi connectivity index (χ2n) is 7.72. The number of pyridine rings is 1. The second kappa shape index (κ2) is 7.47. The zero-order chi connectivity index (χ0) is 19.0. The van der Waals surface area contributed by atoms with Gasteiger partial charge in [-0.3, -0.25) is 4.79 Å². The largest absolute Gasteiger partial charge is 0.357 e. The van der Waals surface area contributed by atoms with Gasteiger partial charge in [-0.15, -0.1) is 0 Å². The lowest BCUT2D eigenvalue weighted by molar-refractivity contribution is -0.135. The lowest BCUT2D eigenvalue weighted by Gasteiger charge is -2.34. The van der Waals surface area contributed by atoms with E-state index in [1.807, 2.05) is 36.2 Å². The van der Waals surface area contributed by atoms with Crippen molar-refractivity contribution in [3.05, 3.63) is 34.3 Å². The number of fused-ring (bicyclic) bond motifs is 1. The van der Waals surface area contributed by atoms with Crippen molar-refractivity contribution in [3.8, 4) is 6.07 Å². The third-order valence-corrected chi connectivity index (χ3v) is 6.14. The molecule has 6 heteroatoms. The van der Waals surface area contributed by atoms with Gasteiger partial charge in [-0.05, 0) is 55.9 Å². The Balaban J connectivity index is 1.47. The van der Waals surface area contributed by atoms with Crippen LogP contribution < -0.4 is 4.90 Å². The van der Waals surface area contributed by atoms with Crippen molar-refractivity contribution in [1.29, 1.82) is 5.26 Å². The molecule has 2 aromatic rings. The average molecular weight is 427 g/mol. The molecule has 0 unspecified atom stereocenters. The molecule has 0 bridgehead atoms. The highest BCUT2D eigenvalue weighted by atomic mass is 79.9. The number of amides is 1. The molecular formula is C21H23BrN4O. The molecule has 0 spiro atoms. The zero-order valence-corrected chi connectivity index (χ0v) is 17.1. The first-order valence-electron chi connectivity index (χ1n) is 9.55. The highest BCUT2D eigenvalue weighted by molar-refractivity contribution is 9.10. The minimum Gasteiger partial charge on any atom is -0.357 e. The second-order valence-corrected chi connectivity index (χ2v) is 8.64. The molecule has 27 heavy (non-hydrogen) atoms. The third kappa shape index (κ3) is 3.93. The van der Waals surface area contributed by atoms with Crippen LogP contribution in [-0.2, 0) is 4.79 Å². The number of carbonyl (C=O) groups is 1. The van der Waals surface area contributed by atoms with Crippen LogP contribution in [0.2, 0.25) is 0 Å². The maximum absolute atomic E-state index is 12.7. The van der Waals surface area contributed by atoms with Gasteiger partial charge < -0.3 is 9.80 Å². The molecule has 0 atom stereocenters. The standard InChI is InChI=1S/C21H23BrN4O/c1-25(13-14-2-3-14)21(27)15-6-8-26(9-7-15)20-10-16(12-23)18-11-17(22)4-5-19(18)24-20/h4-5,10-11,14-15H,2-3,6-9,13H2,1H3. The first-order valence-corrected chi connectivity index (χ1v) is 10.3. The average Bonchev–Trinajstić information content (AvgIpc) is 3.50. The third-order valence-electron chi connectivity index (χ3n) is 5.65. The van der Waals surface area contributed by atoms with E-state index < -0.39 is 0 Å². The van der Waals surface area contributed by atoms with Gasteiger partial charge in [0.05, 0.1) is 17.1 Å². The van der Waals surface area contributed by atoms with E-state index in [-0.39, 0.29) is 11.8 Å². The summed E-state index contributed by atoms with van der Waals surface area (Å²) in [4.78, 5) is 21.5. The summed E-state index contributed by atoms with van der Waals surface area (Å²) in [6.07, 6.45) is 4.22. The number of carbonyl (C=O) groups excluding carboxylic acids is 1. The van der Waals surface area contributed by atoms with E-state index in [1.54, 1.807) is 0 Å². The van der Waals surface area contributed by atoms with E-state index in [2.05, 4.69) is 26.9 Å². The fourth-order valence-electron chi connectivity index (χ4n) is 3.88. The van der Waals surface area contributed by atoms with E-state index >= 15 is 0 Å². The summed E-state index contributed by atoms with van der Waals surface area (Å²) in [5.41, 5.74) is 1.47. The number of nitriles is 1. The van der Waals surface area contributed by atoms with Gasteiger partial charge in [0.2, 0.25) is 5.91 Å². The van der Waals surface area contributed by atoms with Crippen molar-refractivity contribution in [3.63, 3.8) is 0 Å². The zero-order valence-electron chi connectivity index (χ0n) is 15.5. The molecule has 4 rings (SSSR count). The lowest BCUT2D eigenvalue weighted by atomic mass is 9.95. The minimum atomic E-state index is 0.108. The Morgan fingerprint density at radius 3 is 2.70 bits per heavy atom. The maximum Gasteiger partial charge on any atom is 0.225 e. The number of benzene rings is 1. The van der Waals surface area contributed by atoms with Crippen molar-refractivity contribution in [1.82, 2.24) is 9.88 Å². The van der Waals surface area contributed by atoms with Gasteiger partial charge in [-0.2, -0.15) is 5.26 Å². The Morgan fingerprint density at radius 2 is 2.04 bits per heavy atom. The van der Waals surface area contributed by atoms with E-state index in [0.717, 1.165) is 59.6 Å². The number of aromatic nitrogens is 1. The van der Waals surface area contributed by atoms with E-state index in [4.69, 9.17) is 4.98 Å². The molecule has 1 aliphatic carbocycles. The van der Waals surface area contributed by atoms with Crippen molar-refractivity contribution in [2.24, 2.45) is 11.8 Å². The molecule has 1 aromatic carbocycles. The quantitative estimate of drug-likeness (QED) is 0.742. The fourth-order valence-corrected chi connectivity index (χ4v) is 4.24. The smallest absolute Gasteiger partial charge is 0.225 e. The molecule has 5 nitrogen and oxygen atoms in total. The number of halogens is 1. The number of nitrogens with zero attached hydrogens (tertiary/aromatic N) is 4. The number of hydrogen-bond acceptors (Lipinski definition) is 4. The van der Waals surface area contributed by atoms with E-state index in [0.29, 0.717) is 5.56 Å². The van der Waals surface area contributed by atoms with Crippen LogP contribution in [0.25, 0.3) is 10.9 Å². The molecule has 140 valence electrons. The summed E-state index contributed by atoms with van der Waals surface area (Å²) in [5, 5.41) is 10.4. The highest BCUT2D eigenvalue weighted by Crippen LogP contribution is 2.31.